The number of amides is 2. The highest BCUT2D eigenvalue weighted by atomic mass is 35.5. The highest BCUT2D eigenvalue weighted by molar-refractivity contribution is 7.14. The number of rotatable bonds is 6. The molecule has 2 amide bonds. The van der Waals surface area contributed by atoms with Gasteiger partial charge in [0.2, 0.25) is 5.91 Å². The van der Waals surface area contributed by atoms with Gasteiger partial charge in [0.25, 0.3) is 5.91 Å². The van der Waals surface area contributed by atoms with E-state index in [1.807, 2.05) is 13.8 Å². The minimum atomic E-state index is -0.438. The molecule has 150 valence electrons. The molecule has 2 heterocycles. The Labute approximate surface area is 178 Å². The summed E-state index contributed by atoms with van der Waals surface area (Å²) in [5.74, 6) is 0.0301. The van der Waals surface area contributed by atoms with E-state index in [1.165, 1.54) is 11.3 Å². The van der Waals surface area contributed by atoms with Gasteiger partial charge in [0.15, 0.2) is 5.13 Å². The number of halogens is 2. The Morgan fingerprint density at radius 2 is 2.14 bits per heavy atom. The van der Waals surface area contributed by atoms with Crippen molar-refractivity contribution in [3.63, 3.8) is 0 Å². The molecule has 28 heavy (non-hydrogen) atoms. The first-order chi connectivity index (χ1) is 13.4. The van der Waals surface area contributed by atoms with Gasteiger partial charge in [0, 0.05) is 18.5 Å². The molecule has 1 aliphatic heterocycles. The third-order valence-electron chi connectivity index (χ3n) is 4.42. The molecule has 1 aromatic carbocycles. The van der Waals surface area contributed by atoms with Crippen LogP contribution in [-0.4, -0.2) is 40.8 Å². The van der Waals surface area contributed by atoms with Crippen LogP contribution in [0.3, 0.4) is 0 Å². The van der Waals surface area contributed by atoms with E-state index < -0.39 is 6.04 Å². The monoisotopic (exact) mass is 440 g/mol. The van der Waals surface area contributed by atoms with E-state index >= 15 is 0 Å². The van der Waals surface area contributed by atoms with Gasteiger partial charge in [-0.15, -0.1) is 11.3 Å². The molecule has 9 heteroatoms. The second-order valence-corrected chi connectivity index (χ2v) is 8.70. The topological polar surface area (TPSA) is 74.3 Å². The molecule has 1 atom stereocenters. The number of anilines is 2. The van der Waals surface area contributed by atoms with Crippen molar-refractivity contribution in [1.29, 1.82) is 0 Å². The molecule has 0 spiro atoms. The van der Waals surface area contributed by atoms with Crippen molar-refractivity contribution in [1.82, 2.24) is 15.2 Å². The molecule has 0 bridgehead atoms. The lowest BCUT2D eigenvalue weighted by Crippen LogP contribution is -2.46. The number of benzene rings is 1. The van der Waals surface area contributed by atoms with Crippen LogP contribution in [-0.2, 0) is 4.79 Å². The third-order valence-corrected chi connectivity index (χ3v) is 5.99. The van der Waals surface area contributed by atoms with Gasteiger partial charge in [0.1, 0.15) is 11.7 Å². The standard InChI is InChI=1S/C19H22Cl2N4O2S/c1-11(2)9-22-17(26)15-7-4-8-25(15)18(27)14-10-28-19(24-14)23-13-6-3-5-12(20)16(13)21/h3,5-6,10-11,15H,4,7-9H2,1-2H3,(H,22,26)(H,23,24)/t15-/m1/s1. The largest absolute Gasteiger partial charge is 0.354 e. The van der Waals surface area contributed by atoms with Gasteiger partial charge < -0.3 is 15.5 Å². The zero-order valence-electron chi connectivity index (χ0n) is 15.7. The van der Waals surface area contributed by atoms with E-state index in [2.05, 4.69) is 15.6 Å². The first-order valence-electron chi connectivity index (χ1n) is 9.12. The zero-order chi connectivity index (χ0) is 20.3. The number of nitrogens with zero attached hydrogens (tertiary/aromatic N) is 2. The number of hydrogen-bond donors (Lipinski definition) is 2. The number of hydrogen-bond acceptors (Lipinski definition) is 5. The summed E-state index contributed by atoms with van der Waals surface area (Å²) >= 11 is 13.5. The van der Waals surface area contributed by atoms with Crippen LogP contribution in [0.25, 0.3) is 0 Å². The lowest BCUT2D eigenvalue weighted by molar-refractivity contribution is -0.125. The van der Waals surface area contributed by atoms with Gasteiger partial charge in [0.05, 0.1) is 15.7 Å². The Hall–Kier alpha value is -1.83. The van der Waals surface area contributed by atoms with Gasteiger partial charge in [-0.2, -0.15) is 0 Å². The van der Waals surface area contributed by atoms with E-state index in [0.29, 0.717) is 52.0 Å². The number of carbonyl (C=O) groups excluding carboxylic acids is 2. The molecule has 1 aliphatic rings. The molecule has 1 saturated heterocycles. The SMILES string of the molecule is CC(C)CNC(=O)[C@H]1CCCN1C(=O)c1csc(Nc2cccc(Cl)c2Cl)n1. The molecule has 0 saturated carbocycles. The second kappa shape index (κ2) is 9.11. The molecule has 0 unspecified atom stereocenters. The van der Waals surface area contributed by atoms with Crippen molar-refractivity contribution in [2.75, 3.05) is 18.4 Å². The highest BCUT2D eigenvalue weighted by Gasteiger charge is 2.35. The molecule has 1 aromatic heterocycles. The highest BCUT2D eigenvalue weighted by Crippen LogP contribution is 2.33. The average Bonchev–Trinajstić information content (AvgIpc) is 3.32. The molecular formula is C19H22Cl2N4O2S. The van der Waals surface area contributed by atoms with Crippen molar-refractivity contribution >= 4 is 57.2 Å². The molecule has 2 aromatic rings. The van der Waals surface area contributed by atoms with Crippen LogP contribution in [0.5, 0.6) is 0 Å². The van der Waals surface area contributed by atoms with E-state index in [9.17, 15) is 9.59 Å². The van der Waals surface area contributed by atoms with Crippen molar-refractivity contribution in [3.05, 3.63) is 39.3 Å². The Balaban J connectivity index is 1.69. The summed E-state index contributed by atoms with van der Waals surface area (Å²) in [7, 11) is 0. The molecule has 1 fully saturated rings. The summed E-state index contributed by atoms with van der Waals surface area (Å²) in [6, 6.07) is 4.82. The molecular weight excluding hydrogens is 419 g/mol. The van der Waals surface area contributed by atoms with Crippen LogP contribution in [0.2, 0.25) is 10.0 Å². The number of carbonyl (C=O) groups is 2. The lowest BCUT2D eigenvalue weighted by Gasteiger charge is -2.23. The maximum Gasteiger partial charge on any atom is 0.274 e. The maximum absolute atomic E-state index is 12.9. The van der Waals surface area contributed by atoms with E-state index in [1.54, 1.807) is 28.5 Å². The fraction of sp³-hybridized carbons (Fsp3) is 0.421. The summed E-state index contributed by atoms with van der Waals surface area (Å²) in [6.45, 7) is 5.23. The van der Waals surface area contributed by atoms with Crippen molar-refractivity contribution in [2.45, 2.75) is 32.7 Å². The predicted octanol–water partition coefficient (Wildman–Crippen LogP) is 4.57. The van der Waals surface area contributed by atoms with Crippen LogP contribution in [0.4, 0.5) is 10.8 Å². The predicted molar refractivity (Wildman–Crippen MR) is 114 cm³/mol. The number of likely N-dealkylation sites (tertiary alicyclic amines) is 1. The van der Waals surface area contributed by atoms with Gasteiger partial charge in [-0.3, -0.25) is 9.59 Å². The van der Waals surface area contributed by atoms with Crippen LogP contribution >= 0.6 is 34.5 Å². The third kappa shape index (κ3) is 4.77. The summed E-state index contributed by atoms with van der Waals surface area (Å²) in [5, 5.41) is 9.06. The van der Waals surface area contributed by atoms with Gasteiger partial charge in [-0.05, 0) is 30.9 Å². The van der Waals surface area contributed by atoms with E-state index in [-0.39, 0.29) is 11.8 Å². The summed E-state index contributed by atoms with van der Waals surface area (Å²) in [4.78, 5) is 31.3. The van der Waals surface area contributed by atoms with Crippen LogP contribution in [0.15, 0.2) is 23.6 Å². The molecule has 6 nitrogen and oxygen atoms in total. The van der Waals surface area contributed by atoms with Crippen LogP contribution in [0.1, 0.15) is 37.2 Å². The fourth-order valence-electron chi connectivity index (χ4n) is 3.00. The molecule has 0 aliphatic carbocycles. The summed E-state index contributed by atoms with van der Waals surface area (Å²) in [5.41, 5.74) is 0.934. The summed E-state index contributed by atoms with van der Waals surface area (Å²) < 4.78 is 0. The number of thiazole rings is 1. The maximum atomic E-state index is 12.9. The first-order valence-corrected chi connectivity index (χ1v) is 10.8. The minimum absolute atomic E-state index is 0.0983. The average molecular weight is 441 g/mol. The summed E-state index contributed by atoms with van der Waals surface area (Å²) in [6.07, 6.45) is 1.47. The normalized spacial score (nSPS) is 16.5. The Morgan fingerprint density at radius 3 is 2.89 bits per heavy atom. The van der Waals surface area contributed by atoms with Gasteiger partial charge in [-0.25, -0.2) is 4.98 Å². The Bertz CT molecular complexity index is 871. The molecule has 3 rings (SSSR count). The van der Waals surface area contributed by atoms with Crippen molar-refractivity contribution < 1.29 is 9.59 Å². The lowest BCUT2D eigenvalue weighted by atomic mass is 10.1. The number of aromatic nitrogens is 1. The first kappa shape index (κ1) is 20.9. The quantitative estimate of drug-likeness (QED) is 0.689. The fourth-order valence-corrected chi connectivity index (χ4v) is 4.04. The van der Waals surface area contributed by atoms with E-state index in [0.717, 1.165) is 6.42 Å². The van der Waals surface area contributed by atoms with Crippen molar-refractivity contribution in [3.8, 4) is 0 Å². The Morgan fingerprint density at radius 1 is 1.36 bits per heavy atom. The van der Waals surface area contributed by atoms with Gasteiger partial charge in [-0.1, -0.05) is 43.1 Å². The molecule has 0 radical (unpaired) electrons. The zero-order valence-corrected chi connectivity index (χ0v) is 18.0. The van der Waals surface area contributed by atoms with Crippen LogP contribution in [0, 0.1) is 5.92 Å². The van der Waals surface area contributed by atoms with Crippen LogP contribution < -0.4 is 10.6 Å². The van der Waals surface area contributed by atoms with E-state index in [4.69, 9.17) is 23.2 Å². The second-order valence-electron chi connectivity index (χ2n) is 7.06. The molecule has 2 N–H and O–H groups in total. The van der Waals surface area contributed by atoms with Crippen molar-refractivity contribution in [2.24, 2.45) is 5.92 Å². The van der Waals surface area contributed by atoms with Gasteiger partial charge >= 0.3 is 0 Å². The minimum Gasteiger partial charge on any atom is -0.354 e. The smallest absolute Gasteiger partial charge is 0.274 e. The Kier molecular flexibility index (Phi) is 6.80. The number of nitrogens with one attached hydrogen (secondary N) is 2.